The summed E-state index contributed by atoms with van der Waals surface area (Å²) in [7, 11) is 0. The number of nitrogens with one attached hydrogen (secondary N) is 3. The summed E-state index contributed by atoms with van der Waals surface area (Å²) in [5.41, 5.74) is 1.10. The minimum atomic E-state index is -4.47. The number of thiophene rings is 1. The van der Waals surface area contributed by atoms with E-state index in [1.54, 1.807) is 6.07 Å². The van der Waals surface area contributed by atoms with Gasteiger partial charge in [-0.15, -0.1) is 11.3 Å². The van der Waals surface area contributed by atoms with Gasteiger partial charge in [0.2, 0.25) is 5.82 Å². The Bertz CT molecular complexity index is 1700. The monoisotopic (exact) mass is 534 g/mol. The molecular formula is C27H21F3N6OS. The van der Waals surface area contributed by atoms with E-state index in [-0.39, 0.29) is 23.1 Å². The number of aryl methyl sites for hydroxylation is 1. The van der Waals surface area contributed by atoms with Gasteiger partial charge in [0.15, 0.2) is 0 Å². The molecule has 38 heavy (non-hydrogen) atoms. The molecule has 0 radical (unpaired) electrons. The number of hydrogen-bond acceptors (Lipinski definition) is 7. The zero-order valence-corrected chi connectivity index (χ0v) is 20.9. The number of fused-ring (bicyclic) bond motifs is 2. The quantitative estimate of drug-likeness (QED) is 0.215. The predicted molar refractivity (Wildman–Crippen MR) is 143 cm³/mol. The van der Waals surface area contributed by atoms with Gasteiger partial charge < -0.3 is 16.0 Å². The number of rotatable bonds is 6. The standard InChI is InChI=1S/C27H21F3N6OS/c1-14-5-8-19-15(11-14)12-21(31-18-4-2-3-16(13-18)27(28,29)30)34-23(19)36-26(37)25-33-20-9-10-38-22(20)24(35-25)32-17-6-7-17/h2-5,8-13,17H,6-7H2,1H3,(H,32,33,35)(H2,31,34,36,37). The van der Waals surface area contributed by atoms with Crippen molar-refractivity contribution in [3.8, 4) is 0 Å². The van der Waals surface area contributed by atoms with E-state index in [1.807, 2.05) is 36.6 Å². The van der Waals surface area contributed by atoms with Crippen LogP contribution >= 0.6 is 11.3 Å². The molecule has 1 aliphatic rings. The summed E-state index contributed by atoms with van der Waals surface area (Å²) in [4.78, 5) is 26.8. The molecule has 0 atom stereocenters. The molecule has 6 rings (SSSR count). The lowest BCUT2D eigenvalue weighted by Crippen LogP contribution is -2.18. The Morgan fingerprint density at radius 1 is 1.00 bits per heavy atom. The van der Waals surface area contributed by atoms with E-state index in [9.17, 15) is 18.0 Å². The average molecular weight is 535 g/mol. The van der Waals surface area contributed by atoms with Crippen molar-refractivity contribution in [1.29, 1.82) is 0 Å². The lowest BCUT2D eigenvalue weighted by molar-refractivity contribution is -0.137. The topological polar surface area (TPSA) is 91.8 Å². The normalized spacial score (nSPS) is 13.6. The molecule has 0 spiro atoms. The highest BCUT2D eigenvalue weighted by Gasteiger charge is 2.30. The number of pyridine rings is 1. The average Bonchev–Trinajstić information content (AvgIpc) is 3.55. The number of amides is 1. The lowest BCUT2D eigenvalue weighted by atomic mass is 10.1. The third kappa shape index (κ3) is 4.97. The van der Waals surface area contributed by atoms with Crippen molar-refractivity contribution >= 4 is 61.4 Å². The van der Waals surface area contributed by atoms with Crippen molar-refractivity contribution < 1.29 is 18.0 Å². The molecule has 11 heteroatoms. The van der Waals surface area contributed by atoms with Crippen LogP contribution in [-0.4, -0.2) is 26.9 Å². The maximum absolute atomic E-state index is 13.3. The Morgan fingerprint density at radius 2 is 1.84 bits per heavy atom. The number of aromatic nitrogens is 3. The maximum Gasteiger partial charge on any atom is 0.416 e. The Balaban J connectivity index is 1.35. The first-order chi connectivity index (χ1) is 18.2. The van der Waals surface area contributed by atoms with Gasteiger partial charge >= 0.3 is 6.18 Å². The molecule has 3 N–H and O–H groups in total. The van der Waals surface area contributed by atoms with Crippen LogP contribution in [-0.2, 0) is 6.18 Å². The first-order valence-electron chi connectivity index (χ1n) is 11.9. The zero-order chi connectivity index (χ0) is 26.4. The van der Waals surface area contributed by atoms with Crippen LogP contribution in [0.3, 0.4) is 0 Å². The van der Waals surface area contributed by atoms with Gasteiger partial charge in [0, 0.05) is 17.1 Å². The maximum atomic E-state index is 13.3. The van der Waals surface area contributed by atoms with Gasteiger partial charge in [-0.1, -0.05) is 29.8 Å². The van der Waals surface area contributed by atoms with Crippen molar-refractivity contribution in [2.45, 2.75) is 32.0 Å². The number of hydrogen-bond donors (Lipinski definition) is 3. The number of anilines is 4. The smallest absolute Gasteiger partial charge is 0.366 e. The van der Waals surface area contributed by atoms with Crippen LogP contribution in [0.4, 0.5) is 36.3 Å². The van der Waals surface area contributed by atoms with E-state index in [1.165, 1.54) is 23.5 Å². The van der Waals surface area contributed by atoms with Crippen LogP contribution in [0.5, 0.6) is 0 Å². The summed E-state index contributed by atoms with van der Waals surface area (Å²) in [5, 5.41) is 12.5. The molecule has 3 aromatic heterocycles. The Hall–Kier alpha value is -4.25. The van der Waals surface area contributed by atoms with Crippen molar-refractivity contribution in [2.75, 3.05) is 16.0 Å². The summed E-state index contributed by atoms with van der Waals surface area (Å²) in [6, 6.07) is 14.4. The number of benzene rings is 2. The summed E-state index contributed by atoms with van der Waals surface area (Å²) in [6.45, 7) is 1.93. The summed E-state index contributed by atoms with van der Waals surface area (Å²) in [6.07, 6.45) is -2.36. The number of halogens is 3. The predicted octanol–water partition coefficient (Wildman–Crippen LogP) is 7.14. The SMILES string of the molecule is Cc1ccc2c(NC(=O)c3nc(NC4CC4)c4sccc4n3)nc(Nc3cccc(C(F)(F)F)c3)cc2c1. The Labute approximate surface area is 219 Å². The van der Waals surface area contributed by atoms with Crippen molar-refractivity contribution in [3.63, 3.8) is 0 Å². The summed E-state index contributed by atoms with van der Waals surface area (Å²) in [5.74, 6) is 0.613. The number of carbonyl (C=O) groups is 1. The van der Waals surface area contributed by atoms with Gasteiger partial charge in [-0.25, -0.2) is 15.0 Å². The lowest BCUT2D eigenvalue weighted by Gasteiger charge is -2.14. The van der Waals surface area contributed by atoms with E-state index >= 15 is 0 Å². The molecule has 192 valence electrons. The second kappa shape index (κ2) is 9.25. The van der Waals surface area contributed by atoms with Crippen LogP contribution in [0.25, 0.3) is 21.0 Å². The fourth-order valence-electron chi connectivity index (χ4n) is 4.11. The Morgan fingerprint density at radius 3 is 2.63 bits per heavy atom. The van der Waals surface area contributed by atoms with Crippen LogP contribution < -0.4 is 16.0 Å². The van der Waals surface area contributed by atoms with E-state index in [4.69, 9.17) is 0 Å². The first-order valence-corrected chi connectivity index (χ1v) is 12.8. The van der Waals surface area contributed by atoms with E-state index in [2.05, 4.69) is 30.9 Å². The Kier molecular flexibility index (Phi) is 5.87. The minimum Gasteiger partial charge on any atom is -0.366 e. The van der Waals surface area contributed by atoms with Crippen LogP contribution in [0.1, 0.15) is 34.6 Å². The van der Waals surface area contributed by atoms with Gasteiger partial charge in [-0.3, -0.25) is 4.79 Å². The van der Waals surface area contributed by atoms with Gasteiger partial charge in [0.25, 0.3) is 5.91 Å². The molecule has 0 aliphatic heterocycles. The highest BCUT2D eigenvalue weighted by Crippen LogP contribution is 2.34. The molecule has 1 saturated carbocycles. The fourth-order valence-corrected chi connectivity index (χ4v) is 4.89. The largest absolute Gasteiger partial charge is 0.416 e. The number of nitrogens with zero attached hydrogens (tertiary/aromatic N) is 3. The van der Waals surface area contributed by atoms with Crippen LogP contribution in [0, 0.1) is 6.92 Å². The molecule has 1 amide bonds. The second-order valence-corrected chi connectivity index (χ2v) is 10.1. The third-order valence-corrected chi connectivity index (χ3v) is 7.02. The summed E-state index contributed by atoms with van der Waals surface area (Å²) < 4.78 is 40.5. The molecule has 5 aromatic rings. The van der Waals surface area contributed by atoms with E-state index < -0.39 is 17.6 Å². The van der Waals surface area contributed by atoms with Gasteiger partial charge in [-0.05, 0) is 60.9 Å². The van der Waals surface area contributed by atoms with E-state index in [0.717, 1.165) is 40.6 Å². The molecule has 3 heterocycles. The number of carbonyl (C=O) groups excluding carboxylic acids is 1. The van der Waals surface area contributed by atoms with Crippen LogP contribution in [0.15, 0.2) is 60.0 Å². The molecule has 0 unspecified atom stereocenters. The fraction of sp³-hybridized carbons (Fsp3) is 0.185. The highest BCUT2D eigenvalue weighted by atomic mass is 32.1. The van der Waals surface area contributed by atoms with Gasteiger partial charge in [0.1, 0.15) is 17.5 Å². The highest BCUT2D eigenvalue weighted by molar-refractivity contribution is 7.17. The van der Waals surface area contributed by atoms with Crippen molar-refractivity contribution in [1.82, 2.24) is 15.0 Å². The molecular weight excluding hydrogens is 513 g/mol. The zero-order valence-electron chi connectivity index (χ0n) is 20.1. The van der Waals surface area contributed by atoms with Crippen LogP contribution in [0.2, 0.25) is 0 Å². The molecule has 1 aliphatic carbocycles. The first kappa shape index (κ1) is 24.1. The van der Waals surface area contributed by atoms with E-state index in [0.29, 0.717) is 22.8 Å². The number of alkyl halides is 3. The van der Waals surface area contributed by atoms with Gasteiger partial charge in [-0.2, -0.15) is 13.2 Å². The molecule has 1 fully saturated rings. The summed E-state index contributed by atoms with van der Waals surface area (Å²) >= 11 is 1.51. The third-order valence-electron chi connectivity index (χ3n) is 6.11. The van der Waals surface area contributed by atoms with Crippen molar-refractivity contribution in [3.05, 3.63) is 76.9 Å². The molecule has 2 aromatic carbocycles. The molecule has 0 bridgehead atoms. The van der Waals surface area contributed by atoms with Crippen molar-refractivity contribution in [2.24, 2.45) is 0 Å². The second-order valence-electron chi connectivity index (χ2n) is 9.19. The van der Waals surface area contributed by atoms with Gasteiger partial charge in [0.05, 0.1) is 15.8 Å². The minimum absolute atomic E-state index is 0.00245. The molecule has 7 nitrogen and oxygen atoms in total. The molecule has 0 saturated heterocycles.